The predicted molar refractivity (Wildman–Crippen MR) is 119 cm³/mol. The van der Waals surface area contributed by atoms with E-state index in [0.717, 1.165) is 34.0 Å². The monoisotopic (exact) mass is 411 g/mol. The van der Waals surface area contributed by atoms with Crippen LogP contribution in [0.1, 0.15) is 22.5 Å². The molecule has 3 aromatic rings. The Morgan fingerprint density at radius 1 is 1.14 bits per heavy atom. The predicted octanol–water partition coefficient (Wildman–Crippen LogP) is 5.13. The molecule has 0 atom stereocenters. The van der Waals surface area contributed by atoms with Gasteiger partial charge in [-0.2, -0.15) is 5.10 Å². The number of amides is 1. The minimum absolute atomic E-state index is 0.125. The van der Waals surface area contributed by atoms with Crippen molar-refractivity contribution in [3.05, 3.63) is 88.2 Å². The Balaban J connectivity index is 1.54. The second kappa shape index (κ2) is 9.62. The molecule has 1 N–H and O–H groups in total. The number of carbonyl (C=O) groups is 1. The van der Waals surface area contributed by atoms with Crippen LogP contribution in [0.5, 0.6) is 0 Å². The summed E-state index contributed by atoms with van der Waals surface area (Å²) in [4.78, 5) is 12.0. The summed E-state index contributed by atoms with van der Waals surface area (Å²) in [5, 5.41) is 4.83. The first-order valence-corrected chi connectivity index (χ1v) is 10.5. The van der Waals surface area contributed by atoms with E-state index in [1.165, 1.54) is 11.8 Å². The first-order chi connectivity index (χ1) is 13.5. The molecule has 0 spiro atoms. The minimum atomic E-state index is -0.125. The first-order valence-electron chi connectivity index (χ1n) is 8.93. The molecule has 0 unspecified atom stereocenters. The largest absolute Gasteiger partial charge is 0.318 e. The van der Waals surface area contributed by atoms with Gasteiger partial charge in [0.1, 0.15) is 0 Å². The van der Waals surface area contributed by atoms with Gasteiger partial charge in [0.25, 0.3) is 0 Å². The van der Waals surface area contributed by atoms with Gasteiger partial charge < -0.3 is 4.57 Å². The molecule has 0 bridgehead atoms. The summed E-state index contributed by atoms with van der Waals surface area (Å²) in [5.41, 5.74) is 7.99. The Hall–Kier alpha value is -2.50. The molecule has 1 aromatic heterocycles. The molecule has 0 radical (unpaired) electrons. The number of aromatic nitrogens is 1. The Bertz CT molecular complexity index is 983. The molecule has 1 heterocycles. The van der Waals surface area contributed by atoms with Gasteiger partial charge in [0.2, 0.25) is 5.91 Å². The van der Waals surface area contributed by atoms with Crippen molar-refractivity contribution in [3.63, 3.8) is 0 Å². The first kappa shape index (κ1) is 20.2. The summed E-state index contributed by atoms with van der Waals surface area (Å²) in [6, 6.07) is 19.9. The van der Waals surface area contributed by atoms with Crippen molar-refractivity contribution in [3.8, 4) is 5.69 Å². The molecule has 0 saturated carbocycles. The molecule has 0 aliphatic heterocycles. The number of para-hydroxylation sites is 1. The number of hydrazone groups is 1. The number of halogens is 1. The molecule has 2 aromatic carbocycles. The van der Waals surface area contributed by atoms with E-state index >= 15 is 0 Å². The number of thioether (sulfide) groups is 1. The van der Waals surface area contributed by atoms with Gasteiger partial charge in [0.15, 0.2) is 0 Å². The van der Waals surface area contributed by atoms with Gasteiger partial charge in [-0.25, -0.2) is 5.43 Å². The van der Waals surface area contributed by atoms with Crippen LogP contribution < -0.4 is 5.43 Å². The molecule has 0 saturated heterocycles. The SMILES string of the molecule is Cc1cc(/C=N\NC(=O)CSCc2cccc(Cl)c2)c(C)n1-c1ccccc1. The third-order valence-electron chi connectivity index (χ3n) is 4.27. The van der Waals surface area contributed by atoms with Crippen molar-refractivity contribution in [1.82, 2.24) is 9.99 Å². The number of aryl methyl sites for hydroxylation is 1. The number of hydrogen-bond acceptors (Lipinski definition) is 3. The van der Waals surface area contributed by atoms with Crippen molar-refractivity contribution in [2.45, 2.75) is 19.6 Å². The van der Waals surface area contributed by atoms with Crippen molar-refractivity contribution < 1.29 is 4.79 Å². The summed E-state index contributed by atoms with van der Waals surface area (Å²) in [6.45, 7) is 4.10. The fourth-order valence-corrected chi connectivity index (χ4v) is 3.97. The van der Waals surface area contributed by atoms with Gasteiger partial charge >= 0.3 is 0 Å². The maximum Gasteiger partial charge on any atom is 0.250 e. The van der Waals surface area contributed by atoms with Crippen LogP contribution in [0.4, 0.5) is 0 Å². The van der Waals surface area contributed by atoms with Crippen LogP contribution in [0.15, 0.2) is 65.8 Å². The Kier molecular flexibility index (Phi) is 6.95. The molecule has 0 fully saturated rings. The van der Waals surface area contributed by atoms with E-state index in [4.69, 9.17) is 11.6 Å². The third-order valence-corrected chi connectivity index (χ3v) is 5.51. The Labute approximate surface area is 174 Å². The highest BCUT2D eigenvalue weighted by atomic mass is 35.5. The number of hydrogen-bond donors (Lipinski definition) is 1. The summed E-state index contributed by atoms with van der Waals surface area (Å²) in [5.74, 6) is 0.947. The molecule has 3 rings (SSSR count). The average Bonchev–Trinajstić information content (AvgIpc) is 2.96. The van der Waals surface area contributed by atoms with Crippen LogP contribution in [-0.4, -0.2) is 22.4 Å². The van der Waals surface area contributed by atoms with Crippen LogP contribution in [0.3, 0.4) is 0 Å². The molecular weight excluding hydrogens is 390 g/mol. The summed E-state index contributed by atoms with van der Waals surface area (Å²) in [6.07, 6.45) is 1.70. The van der Waals surface area contributed by atoms with Gasteiger partial charge in [0.05, 0.1) is 12.0 Å². The lowest BCUT2D eigenvalue weighted by atomic mass is 10.2. The highest BCUT2D eigenvalue weighted by molar-refractivity contribution is 7.99. The van der Waals surface area contributed by atoms with E-state index in [1.807, 2.05) is 49.4 Å². The van der Waals surface area contributed by atoms with E-state index < -0.39 is 0 Å². The number of rotatable bonds is 7. The highest BCUT2D eigenvalue weighted by Crippen LogP contribution is 2.19. The lowest BCUT2D eigenvalue weighted by Crippen LogP contribution is -2.19. The van der Waals surface area contributed by atoms with Crippen molar-refractivity contribution >= 4 is 35.5 Å². The lowest BCUT2D eigenvalue weighted by Gasteiger charge is -2.08. The molecule has 6 heteroatoms. The van der Waals surface area contributed by atoms with Gasteiger partial charge in [-0.1, -0.05) is 41.9 Å². The second-order valence-corrected chi connectivity index (χ2v) is 7.84. The molecule has 0 aliphatic carbocycles. The minimum Gasteiger partial charge on any atom is -0.318 e. The van der Waals surface area contributed by atoms with Crippen LogP contribution >= 0.6 is 23.4 Å². The van der Waals surface area contributed by atoms with Gasteiger partial charge in [-0.15, -0.1) is 11.8 Å². The quantitative estimate of drug-likeness (QED) is 0.432. The van der Waals surface area contributed by atoms with Gasteiger partial charge in [0, 0.05) is 33.4 Å². The number of nitrogens with one attached hydrogen (secondary N) is 1. The Morgan fingerprint density at radius 2 is 1.93 bits per heavy atom. The average molecular weight is 412 g/mol. The van der Waals surface area contributed by atoms with Crippen molar-refractivity contribution in [1.29, 1.82) is 0 Å². The normalized spacial score (nSPS) is 11.1. The van der Waals surface area contributed by atoms with Crippen molar-refractivity contribution in [2.75, 3.05) is 5.75 Å². The smallest absolute Gasteiger partial charge is 0.250 e. The molecule has 28 heavy (non-hydrogen) atoms. The third kappa shape index (κ3) is 5.27. The van der Waals surface area contributed by atoms with E-state index in [-0.39, 0.29) is 5.91 Å². The number of carbonyl (C=O) groups excluding carboxylic acids is 1. The van der Waals surface area contributed by atoms with Crippen LogP contribution in [0, 0.1) is 13.8 Å². The van der Waals surface area contributed by atoms with Crippen LogP contribution in [0.25, 0.3) is 5.69 Å². The lowest BCUT2D eigenvalue weighted by molar-refractivity contribution is -0.118. The molecule has 4 nitrogen and oxygen atoms in total. The molecule has 0 aliphatic rings. The van der Waals surface area contributed by atoms with E-state index in [1.54, 1.807) is 6.21 Å². The summed E-state index contributed by atoms with van der Waals surface area (Å²) < 4.78 is 2.17. The maximum absolute atomic E-state index is 12.0. The van der Waals surface area contributed by atoms with Crippen LogP contribution in [-0.2, 0) is 10.5 Å². The topological polar surface area (TPSA) is 46.4 Å². The second-order valence-electron chi connectivity index (χ2n) is 6.41. The fraction of sp³-hybridized carbons (Fsp3) is 0.182. The number of nitrogens with zero attached hydrogens (tertiary/aromatic N) is 2. The summed E-state index contributed by atoms with van der Waals surface area (Å²) >= 11 is 7.50. The van der Waals surface area contributed by atoms with Gasteiger partial charge in [-0.05, 0) is 49.7 Å². The maximum atomic E-state index is 12.0. The number of benzene rings is 2. The molecule has 1 amide bonds. The summed E-state index contributed by atoms with van der Waals surface area (Å²) in [7, 11) is 0. The Morgan fingerprint density at radius 3 is 2.68 bits per heavy atom. The molecular formula is C22H22ClN3OS. The zero-order valence-electron chi connectivity index (χ0n) is 15.9. The standard InChI is InChI=1S/C22H22ClN3OS/c1-16-11-19(17(2)26(16)21-9-4-3-5-10-21)13-24-25-22(27)15-28-14-18-7-6-8-20(23)12-18/h3-13H,14-15H2,1-2H3,(H,25,27)/b24-13-. The highest BCUT2D eigenvalue weighted by Gasteiger charge is 2.09. The fourth-order valence-electron chi connectivity index (χ4n) is 2.99. The van der Waals surface area contributed by atoms with E-state index in [2.05, 4.69) is 40.2 Å². The van der Waals surface area contributed by atoms with Crippen molar-refractivity contribution in [2.24, 2.45) is 5.10 Å². The molecule has 144 valence electrons. The van der Waals surface area contributed by atoms with E-state index in [9.17, 15) is 4.79 Å². The zero-order chi connectivity index (χ0) is 19.9. The van der Waals surface area contributed by atoms with Crippen LogP contribution in [0.2, 0.25) is 5.02 Å². The van der Waals surface area contributed by atoms with Gasteiger partial charge in [-0.3, -0.25) is 4.79 Å². The van der Waals surface area contributed by atoms with E-state index in [0.29, 0.717) is 10.8 Å². The zero-order valence-corrected chi connectivity index (χ0v) is 17.4.